The molecule has 0 saturated heterocycles. The summed E-state index contributed by atoms with van der Waals surface area (Å²) in [6, 6.07) is 8.09. The lowest BCUT2D eigenvalue weighted by Crippen LogP contribution is -2.22. The van der Waals surface area contributed by atoms with Gasteiger partial charge in [0.1, 0.15) is 12.4 Å². The molecule has 1 aromatic heterocycles. The fourth-order valence-electron chi connectivity index (χ4n) is 3.16. The molecule has 0 aliphatic carbocycles. The third kappa shape index (κ3) is 5.38. The van der Waals surface area contributed by atoms with E-state index in [0.717, 1.165) is 10.9 Å². The number of hydrogen-bond acceptors (Lipinski definition) is 7. The number of ether oxygens (including phenoxy) is 2. The zero-order chi connectivity index (χ0) is 24.0. The van der Waals surface area contributed by atoms with Crippen LogP contribution in [-0.2, 0) is 6.42 Å². The number of fused-ring (bicyclic) bond motifs is 1. The Kier molecular flexibility index (Phi) is 7.79. The molecule has 0 radical (unpaired) electrons. The molecule has 0 saturated carbocycles. The quantitative estimate of drug-likeness (QED) is 0.183. The molecule has 33 heavy (non-hydrogen) atoms. The largest absolute Gasteiger partial charge is 0.490 e. The van der Waals surface area contributed by atoms with E-state index in [1.807, 2.05) is 13.0 Å². The van der Waals surface area contributed by atoms with E-state index in [9.17, 15) is 14.9 Å². The third-order valence-electron chi connectivity index (χ3n) is 4.53. The summed E-state index contributed by atoms with van der Waals surface area (Å²) >= 11 is 3.37. The summed E-state index contributed by atoms with van der Waals surface area (Å²) in [7, 11) is 0. The van der Waals surface area contributed by atoms with Gasteiger partial charge in [0.05, 0.1) is 28.6 Å². The number of benzene rings is 2. The number of nitro benzene ring substituents is 1. The highest BCUT2D eigenvalue weighted by Crippen LogP contribution is 2.38. The highest BCUT2D eigenvalue weighted by Gasteiger charge is 2.22. The van der Waals surface area contributed by atoms with Gasteiger partial charge in [-0.3, -0.25) is 14.9 Å². The smallest absolute Gasteiger partial charge is 0.315 e. The maximum atomic E-state index is 13.1. The second-order valence-corrected chi connectivity index (χ2v) is 7.77. The van der Waals surface area contributed by atoms with E-state index in [1.165, 1.54) is 17.0 Å². The van der Waals surface area contributed by atoms with Gasteiger partial charge in [0.15, 0.2) is 5.75 Å². The molecule has 0 N–H and O–H groups in total. The molecule has 2 aromatic carbocycles. The first kappa shape index (κ1) is 23.9. The van der Waals surface area contributed by atoms with Crippen molar-refractivity contribution in [3.8, 4) is 23.8 Å². The van der Waals surface area contributed by atoms with Gasteiger partial charge in [-0.2, -0.15) is 9.78 Å². The average Bonchev–Trinajstić information content (AvgIpc) is 2.78. The van der Waals surface area contributed by atoms with Crippen molar-refractivity contribution < 1.29 is 14.4 Å². The van der Waals surface area contributed by atoms with Crippen LogP contribution in [-0.4, -0.2) is 34.0 Å². The van der Waals surface area contributed by atoms with Crippen LogP contribution in [0.25, 0.3) is 10.9 Å². The molecular formula is C23H21BrN4O5. The molecule has 9 nitrogen and oxygen atoms in total. The molecule has 170 valence electrons. The van der Waals surface area contributed by atoms with Crippen LogP contribution in [0.5, 0.6) is 11.5 Å². The molecule has 0 aliphatic heterocycles. The summed E-state index contributed by atoms with van der Waals surface area (Å²) in [5, 5.41) is 16.4. The van der Waals surface area contributed by atoms with Crippen LogP contribution in [0.1, 0.15) is 31.7 Å². The van der Waals surface area contributed by atoms with E-state index in [4.69, 9.17) is 15.9 Å². The maximum Gasteiger partial charge on any atom is 0.315 e. The summed E-state index contributed by atoms with van der Waals surface area (Å²) in [5.41, 5.74) is 0.262. The monoisotopic (exact) mass is 512 g/mol. The van der Waals surface area contributed by atoms with Crippen molar-refractivity contribution in [3.63, 3.8) is 0 Å². The average molecular weight is 513 g/mol. The predicted molar refractivity (Wildman–Crippen MR) is 129 cm³/mol. The molecule has 0 unspecified atom stereocenters. The summed E-state index contributed by atoms with van der Waals surface area (Å²) in [5.74, 6) is 2.87. The minimum Gasteiger partial charge on any atom is -0.490 e. The lowest BCUT2D eigenvalue weighted by Gasteiger charge is -2.12. The molecule has 0 fully saturated rings. The van der Waals surface area contributed by atoms with Gasteiger partial charge in [0.2, 0.25) is 5.75 Å². The minimum absolute atomic E-state index is 0.0574. The van der Waals surface area contributed by atoms with Crippen LogP contribution >= 0.6 is 15.9 Å². The Morgan fingerprint density at radius 3 is 2.76 bits per heavy atom. The van der Waals surface area contributed by atoms with Gasteiger partial charge >= 0.3 is 5.69 Å². The van der Waals surface area contributed by atoms with Gasteiger partial charge in [-0.15, -0.1) is 6.42 Å². The zero-order valence-corrected chi connectivity index (χ0v) is 19.7. The Hall–Kier alpha value is -3.71. The van der Waals surface area contributed by atoms with Crippen LogP contribution in [0, 0.1) is 22.5 Å². The first-order valence-electron chi connectivity index (χ1n) is 10.2. The Bertz CT molecular complexity index is 1330. The van der Waals surface area contributed by atoms with Crippen molar-refractivity contribution >= 4 is 38.7 Å². The Morgan fingerprint density at radius 1 is 1.30 bits per heavy atom. The highest BCUT2D eigenvalue weighted by atomic mass is 79.9. The lowest BCUT2D eigenvalue weighted by atomic mass is 10.2. The normalized spacial score (nSPS) is 11.0. The molecule has 0 aliphatic rings. The second kappa shape index (κ2) is 10.7. The van der Waals surface area contributed by atoms with Crippen molar-refractivity contribution in [1.82, 2.24) is 9.66 Å². The molecular weight excluding hydrogens is 492 g/mol. The Morgan fingerprint density at radius 2 is 2.09 bits per heavy atom. The Labute approximate surface area is 198 Å². The van der Waals surface area contributed by atoms with E-state index < -0.39 is 4.92 Å². The van der Waals surface area contributed by atoms with Crippen molar-refractivity contribution in [3.05, 3.63) is 66.7 Å². The minimum atomic E-state index is -0.588. The third-order valence-corrected chi connectivity index (χ3v) is 5.02. The lowest BCUT2D eigenvalue weighted by molar-refractivity contribution is -0.385. The van der Waals surface area contributed by atoms with E-state index >= 15 is 0 Å². The molecule has 0 spiro atoms. The SMILES string of the molecule is C#CCOc1c(OCC)cc(C=Nn2c(CCC)nc3ccc(Br)cc3c2=O)cc1[N+](=O)[O-]. The van der Waals surface area contributed by atoms with Gasteiger partial charge in [-0.1, -0.05) is 28.8 Å². The Balaban J connectivity index is 2.15. The van der Waals surface area contributed by atoms with E-state index in [2.05, 4.69) is 31.9 Å². The number of nitrogens with zero attached hydrogens (tertiary/aromatic N) is 4. The highest BCUT2D eigenvalue weighted by molar-refractivity contribution is 9.10. The molecule has 1 heterocycles. The number of terminal acetylenes is 1. The topological polar surface area (TPSA) is 109 Å². The molecule has 3 aromatic rings. The number of nitro groups is 1. The molecule has 3 rings (SSSR count). The number of aromatic nitrogens is 2. The standard InChI is InChI=1S/C23H21BrN4O5/c1-4-7-21-26-18-9-8-16(24)13-17(18)23(29)27(21)25-14-15-11-19(28(30)31)22(33-10-5-2)20(12-15)32-6-3/h2,8-9,11-14H,4,6-7,10H2,1,3H3. The number of rotatable bonds is 9. The van der Waals surface area contributed by atoms with E-state index in [1.54, 1.807) is 25.1 Å². The van der Waals surface area contributed by atoms with Crippen molar-refractivity contribution in [2.24, 2.45) is 5.10 Å². The number of halogens is 1. The summed E-state index contributed by atoms with van der Waals surface area (Å²) in [6.45, 7) is 3.82. The summed E-state index contributed by atoms with van der Waals surface area (Å²) < 4.78 is 12.8. The number of hydrogen-bond donors (Lipinski definition) is 0. The van der Waals surface area contributed by atoms with Crippen molar-refractivity contribution in [2.75, 3.05) is 13.2 Å². The van der Waals surface area contributed by atoms with Crippen LogP contribution in [0.4, 0.5) is 5.69 Å². The van der Waals surface area contributed by atoms with Gasteiger partial charge in [-0.25, -0.2) is 4.98 Å². The second-order valence-electron chi connectivity index (χ2n) is 6.85. The van der Waals surface area contributed by atoms with Crippen molar-refractivity contribution in [1.29, 1.82) is 0 Å². The van der Waals surface area contributed by atoms with E-state index in [-0.39, 0.29) is 36.0 Å². The van der Waals surface area contributed by atoms with Crippen molar-refractivity contribution in [2.45, 2.75) is 26.7 Å². The first-order chi connectivity index (χ1) is 15.9. The van der Waals surface area contributed by atoms with Gasteiger partial charge < -0.3 is 9.47 Å². The maximum absolute atomic E-state index is 13.1. The summed E-state index contributed by atoms with van der Waals surface area (Å²) in [6.07, 6.45) is 7.86. The fraction of sp³-hybridized carbons (Fsp3) is 0.261. The van der Waals surface area contributed by atoms with Crippen LogP contribution in [0.15, 0.2) is 44.7 Å². The van der Waals surface area contributed by atoms with Crippen LogP contribution in [0.3, 0.4) is 0 Å². The summed E-state index contributed by atoms with van der Waals surface area (Å²) in [4.78, 5) is 28.8. The van der Waals surface area contributed by atoms with Gasteiger partial charge in [0, 0.05) is 22.5 Å². The van der Waals surface area contributed by atoms with E-state index in [0.29, 0.717) is 28.7 Å². The molecule has 0 amide bonds. The van der Waals surface area contributed by atoms with Gasteiger partial charge in [-0.05, 0) is 37.6 Å². The fourth-order valence-corrected chi connectivity index (χ4v) is 3.52. The van der Waals surface area contributed by atoms with Crippen LogP contribution in [0.2, 0.25) is 0 Å². The van der Waals surface area contributed by atoms with Gasteiger partial charge in [0.25, 0.3) is 5.56 Å². The predicted octanol–water partition coefficient (Wildman–Crippen LogP) is 4.31. The van der Waals surface area contributed by atoms with Crippen LogP contribution < -0.4 is 15.0 Å². The molecule has 10 heteroatoms. The first-order valence-corrected chi connectivity index (χ1v) is 11.0. The molecule has 0 atom stereocenters. The molecule has 0 bridgehead atoms. The number of aryl methyl sites for hydroxylation is 1. The zero-order valence-electron chi connectivity index (χ0n) is 18.1.